The van der Waals surface area contributed by atoms with E-state index in [9.17, 15) is 28.2 Å². The van der Waals surface area contributed by atoms with Crippen LogP contribution in [0.5, 0.6) is 5.75 Å². The zero-order chi connectivity index (χ0) is 20.5. The standard InChI is InChI=1S/C19H17F3N2O4/c1-28-14-9-5-8-13(10-14)15-11-18(27,19(20,21)22)24(23-15)17(26)16(25)12-6-3-2-4-7-12/h2-10,16,25,27H,11H2,1H3/t16-,18+/m1/s1. The number of carbonyl (C=O) groups excluding carboxylic acids is 1. The van der Waals surface area contributed by atoms with Crippen molar-refractivity contribution < 1.29 is 32.9 Å². The number of aliphatic hydroxyl groups is 2. The predicted molar refractivity (Wildman–Crippen MR) is 93.4 cm³/mol. The number of halogens is 3. The van der Waals surface area contributed by atoms with Gasteiger partial charge in [-0.05, 0) is 17.7 Å². The number of carbonyl (C=O) groups is 1. The summed E-state index contributed by atoms with van der Waals surface area (Å²) in [6, 6.07) is 13.5. The summed E-state index contributed by atoms with van der Waals surface area (Å²) in [6.45, 7) is 0. The van der Waals surface area contributed by atoms with Crippen LogP contribution in [0, 0.1) is 0 Å². The summed E-state index contributed by atoms with van der Waals surface area (Å²) in [5, 5.41) is 24.2. The summed E-state index contributed by atoms with van der Waals surface area (Å²) >= 11 is 0. The Morgan fingerprint density at radius 3 is 2.50 bits per heavy atom. The number of nitrogens with zero attached hydrogens (tertiary/aromatic N) is 2. The topological polar surface area (TPSA) is 82.4 Å². The number of hydrogen-bond donors (Lipinski definition) is 2. The zero-order valence-electron chi connectivity index (χ0n) is 14.7. The molecule has 0 aliphatic carbocycles. The van der Waals surface area contributed by atoms with Crippen LogP contribution in [0.15, 0.2) is 59.7 Å². The first-order valence-corrected chi connectivity index (χ1v) is 8.25. The van der Waals surface area contributed by atoms with E-state index in [1.54, 1.807) is 18.2 Å². The van der Waals surface area contributed by atoms with Crippen molar-refractivity contribution in [1.82, 2.24) is 5.01 Å². The molecule has 2 N–H and O–H groups in total. The molecule has 3 rings (SSSR count). The van der Waals surface area contributed by atoms with Gasteiger partial charge in [0, 0.05) is 5.56 Å². The molecule has 0 radical (unpaired) electrons. The maximum Gasteiger partial charge on any atom is 0.438 e. The van der Waals surface area contributed by atoms with E-state index in [1.165, 1.54) is 43.5 Å². The normalized spacial score (nSPS) is 20.6. The molecule has 148 valence electrons. The zero-order valence-corrected chi connectivity index (χ0v) is 14.7. The lowest BCUT2D eigenvalue weighted by Gasteiger charge is -2.33. The van der Waals surface area contributed by atoms with Gasteiger partial charge >= 0.3 is 6.18 Å². The van der Waals surface area contributed by atoms with Crippen LogP contribution in [0.2, 0.25) is 0 Å². The van der Waals surface area contributed by atoms with Crippen molar-refractivity contribution in [3.05, 3.63) is 65.7 Å². The Kier molecular flexibility index (Phi) is 5.14. The molecular formula is C19H17F3N2O4. The quantitative estimate of drug-likeness (QED) is 0.835. The molecular weight excluding hydrogens is 377 g/mol. The minimum absolute atomic E-state index is 0.0839. The van der Waals surface area contributed by atoms with Gasteiger partial charge in [-0.25, -0.2) is 0 Å². The van der Waals surface area contributed by atoms with Gasteiger partial charge in [-0.2, -0.15) is 23.3 Å². The minimum atomic E-state index is -5.19. The second-order valence-corrected chi connectivity index (χ2v) is 6.23. The van der Waals surface area contributed by atoms with Crippen molar-refractivity contribution >= 4 is 11.6 Å². The fourth-order valence-electron chi connectivity index (χ4n) is 2.86. The van der Waals surface area contributed by atoms with E-state index in [0.29, 0.717) is 5.75 Å². The summed E-state index contributed by atoms with van der Waals surface area (Å²) < 4.78 is 45.9. The smallest absolute Gasteiger partial charge is 0.438 e. The van der Waals surface area contributed by atoms with E-state index in [2.05, 4.69) is 5.10 Å². The third kappa shape index (κ3) is 3.46. The van der Waals surface area contributed by atoms with Crippen molar-refractivity contribution in [1.29, 1.82) is 0 Å². The molecule has 0 saturated heterocycles. The van der Waals surface area contributed by atoms with Gasteiger partial charge in [-0.3, -0.25) is 4.79 Å². The highest BCUT2D eigenvalue weighted by atomic mass is 19.4. The first kappa shape index (κ1) is 19.8. The largest absolute Gasteiger partial charge is 0.497 e. The van der Waals surface area contributed by atoms with Crippen LogP contribution in [-0.4, -0.2) is 45.9 Å². The number of amides is 1. The van der Waals surface area contributed by atoms with E-state index >= 15 is 0 Å². The SMILES string of the molecule is COc1cccc(C2=NN(C(=O)[C@H](O)c3ccccc3)[C@@](O)(C(F)(F)F)C2)c1. The fourth-order valence-corrected chi connectivity index (χ4v) is 2.86. The molecule has 0 saturated carbocycles. The monoisotopic (exact) mass is 394 g/mol. The van der Waals surface area contributed by atoms with Gasteiger partial charge in [0.1, 0.15) is 5.75 Å². The number of ether oxygens (including phenoxy) is 1. The molecule has 0 bridgehead atoms. The summed E-state index contributed by atoms with van der Waals surface area (Å²) in [5.41, 5.74) is -3.39. The molecule has 9 heteroatoms. The Morgan fingerprint density at radius 2 is 1.89 bits per heavy atom. The average Bonchev–Trinajstić information content (AvgIpc) is 3.06. The van der Waals surface area contributed by atoms with E-state index in [1.807, 2.05) is 0 Å². The van der Waals surface area contributed by atoms with Crippen LogP contribution in [-0.2, 0) is 4.79 Å². The van der Waals surface area contributed by atoms with Gasteiger partial charge in [0.05, 0.1) is 19.2 Å². The minimum Gasteiger partial charge on any atom is -0.497 e. The van der Waals surface area contributed by atoms with E-state index in [4.69, 9.17) is 4.74 Å². The lowest BCUT2D eigenvalue weighted by Crippen LogP contribution is -2.57. The van der Waals surface area contributed by atoms with Crippen molar-refractivity contribution in [3.63, 3.8) is 0 Å². The molecule has 1 amide bonds. The first-order chi connectivity index (χ1) is 13.2. The van der Waals surface area contributed by atoms with Crippen molar-refractivity contribution in [2.24, 2.45) is 5.10 Å². The van der Waals surface area contributed by atoms with Crippen LogP contribution in [0.25, 0.3) is 0 Å². The molecule has 0 spiro atoms. The Bertz CT molecular complexity index is 902. The molecule has 2 aromatic carbocycles. The Labute approximate surface area is 158 Å². The third-order valence-corrected chi connectivity index (χ3v) is 4.40. The maximum atomic E-state index is 13.6. The van der Waals surface area contributed by atoms with Crippen LogP contribution in [0.1, 0.15) is 23.7 Å². The second kappa shape index (κ2) is 7.25. The molecule has 1 aliphatic heterocycles. The maximum absolute atomic E-state index is 13.6. The number of aliphatic hydroxyl groups excluding tert-OH is 1. The van der Waals surface area contributed by atoms with Crippen LogP contribution in [0.3, 0.4) is 0 Å². The van der Waals surface area contributed by atoms with Gasteiger partial charge in [0.15, 0.2) is 6.10 Å². The summed E-state index contributed by atoms with van der Waals surface area (Å²) in [4.78, 5) is 12.6. The van der Waals surface area contributed by atoms with Gasteiger partial charge in [-0.15, -0.1) is 0 Å². The molecule has 0 unspecified atom stereocenters. The first-order valence-electron chi connectivity index (χ1n) is 8.25. The highest BCUT2D eigenvalue weighted by molar-refractivity contribution is 6.04. The van der Waals surface area contributed by atoms with Gasteiger partial charge in [-0.1, -0.05) is 42.5 Å². The van der Waals surface area contributed by atoms with Crippen LogP contribution in [0.4, 0.5) is 13.2 Å². The van der Waals surface area contributed by atoms with Crippen LogP contribution >= 0.6 is 0 Å². The Morgan fingerprint density at radius 1 is 1.21 bits per heavy atom. The van der Waals surface area contributed by atoms with Crippen molar-refractivity contribution in [2.45, 2.75) is 24.4 Å². The van der Waals surface area contributed by atoms with Crippen LogP contribution < -0.4 is 4.74 Å². The van der Waals surface area contributed by atoms with Crippen molar-refractivity contribution in [3.8, 4) is 5.75 Å². The lowest BCUT2D eigenvalue weighted by molar-refractivity contribution is -0.303. The molecule has 6 nitrogen and oxygen atoms in total. The number of benzene rings is 2. The summed E-state index contributed by atoms with van der Waals surface area (Å²) in [5.74, 6) is -1.01. The number of alkyl halides is 3. The molecule has 2 atom stereocenters. The fraction of sp³-hybridized carbons (Fsp3) is 0.263. The number of methoxy groups -OCH3 is 1. The highest BCUT2D eigenvalue weighted by Crippen LogP contribution is 2.42. The molecule has 28 heavy (non-hydrogen) atoms. The summed E-state index contributed by atoms with van der Waals surface area (Å²) in [7, 11) is 1.40. The lowest BCUT2D eigenvalue weighted by atomic mass is 10.00. The Balaban J connectivity index is 2.01. The van der Waals surface area contributed by atoms with Gasteiger partial charge < -0.3 is 14.9 Å². The van der Waals surface area contributed by atoms with E-state index in [-0.39, 0.29) is 21.8 Å². The molecule has 0 fully saturated rings. The van der Waals surface area contributed by atoms with E-state index < -0.39 is 30.3 Å². The molecule has 1 aliphatic rings. The van der Waals surface area contributed by atoms with Crippen molar-refractivity contribution in [2.75, 3.05) is 7.11 Å². The van der Waals surface area contributed by atoms with E-state index in [0.717, 1.165) is 0 Å². The molecule has 0 aromatic heterocycles. The highest BCUT2D eigenvalue weighted by Gasteiger charge is 2.63. The average molecular weight is 394 g/mol. The number of hydrazone groups is 1. The van der Waals surface area contributed by atoms with Gasteiger partial charge in [0.25, 0.3) is 11.6 Å². The molecule has 2 aromatic rings. The third-order valence-electron chi connectivity index (χ3n) is 4.40. The number of hydrogen-bond acceptors (Lipinski definition) is 5. The summed E-state index contributed by atoms with van der Waals surface area (Å²) in [6.07, 6.45) is -8.08. The second-order valence-electron chi connectivity index (χ2n) is 6.23. The van der Waals surface area contributed by atoms with Gasteiger partial charge in [0.2, 0.25) is 0 Å². The Hall–Kier alpha value is -2.91. The molecule has 1 heterocycles. The number of rotatable bonds is 4. The predicted octanol–water partition coefficient (Wildman–Crippen LogP) is 2.62.